The number of unbranched alkanes of at least 4 members (excludes halogenated alkanes) is 1. The van der Waals surface area contributed by atoms with Crippen molar-refractivity contribution >= 4 is 5.91 Å². The second kappa shape index (κ2) is 14.5. The summed E-state index contributed by atoms with van der Waals surface area (Å²) in [5.41, 5.74) is 1.65. The Morgan fingerprint density at radius 3 is 2.24 bits per heavy atom. The molecule has 0 aliphatic heterocycles. The lowest BCUT2D eigenvalue weighted by Gasteiger charge is -2.28. The minimum Gasteiger partial charge on any atom is -0.493 e. The van der Waals surface area contributed by atoms with Gasteiger partial charge < -0.3 is 24.0 Å². The molecule has 0 bridgehead atoms. The van der Waals surface area contributed by atoms with Crippen LogP contribution in [0.15, 0.2) is 36.7 Å². The SMILES string of the molecule is CCCCN(CCC)CCC(CN(C)C(=O)c1cc(OC)c(OC)c(OC)c1)c1cccnc1. The van der Waals surface area contributed by atoms with E-state index in [2.05, 4.69) is 29.8 Å². The highest BCUT2D eigenvalue weighted by atomic mass is 16.5. The van der Waals surface area contributed by atoms with E-state index in [1.807, 2.05) is 19.3 Å². The molecular formula is C27H41N3O4. The summed E-state index contributed by atoms with van der Waals surface area (Å²) in [6.45, 7) is 8.26. The number of aromatic nitrogens is 1. The first-order chi connectivity index (χ1) is 16.5. The van der Waals surface area contributed by atoms with E-state index in [0.717, 1.165) is 38.0 Å². The molecule has 0 saturated carbocycles. The Hall–Kier alpha value is -2.80. The van der Waals surface area contributed by atoms with Gasteiger partial charge in [0.2, 0.25) is 5.75 Å². The molecule has 0 radical (unpaired) electrons. The fourth-order valence-corrected chi connectivity index (χ4v) is 4.19. The van der Waals surface area contributed by atoms with E-state index in [9.17, 15) is 4.79 Å². The van der Waals surface area contributed by atoms with E-state index in [-0.39, 0.29) is 11.8 Å². The summed E-state index contributed by atoms with van der Waals surface area (Å²) < 4.78 is 16.3. The molecule has 1 aromatic heterocycles. The summed E-state index contributed by atoms with van der Waals surface area (Å²) in [7, 11) is 6.49. The fourth-order valence-electron chi connectivity index (χ4n) is 4.19. The maximum Gasteiger partial charge on any atom is 0.253 e. The Balaban J connectivity index is 2.21. The van der Waals surface area contributed by atoms with Crippen molar-refractivity contribution in [2.24, 2.45) is 0 Å². The molecule has 0 N–H and O–H groups in total. The second-order valence-corrected chi connectivity index (χ2v) is 8.57. The zero-order chi connectivity index (χ0) is 24.9. The molecule has 2 rings (SSSR count). The van der Waals surface area contributed by atoms with Gasteiger partial charge in [0, 0.05) is 37.5 Å². The zero-order valence-electron chi connectivity index (χ0n) is 21.7. The lowest BCUT2D eigenvalue weighted by Crippen LogP contribution is -2.33. The zero-order valence-corrected chi connectivity index (χ0v) is 21.7. The molecular weight excluding hydrogens is 430 g/mol. The quantitative estimate of drug-likeness (QED) is 0.369. The lowest BCUT2D eigenvalue weighted by atomic mass is 9.96. The van der Waals surface area contributed by atoms with E-state index in [4.69, 9.17) is 14.2 Å². The van der Waals surface area contributed by atoms with Gasteiger partial charge in [0.25, 0.3) is 5.91 Å². The van der Waals surface area contributed by atoms with Gasteiger partial charge in [0.05, 0.1) is 21.3 Å². The summed E-state index contributed by atoms with van der Waals surface area (Å²) in [5, 5.41) is 0. The fraction of sp³-hybridized carbons (Fsp3) is 0.556. The highest BCUT2D eigenvalue weighted by molar-refractivity contribution is 5.95. The van der Waals surface area contributed by atoms with Crippen LogP contribution in [0.1, 0.15) is 61.4 Å². The molecule has 7 heteroatoms. The molecule has 1 atom stereocenters. The Kier molecular flexibility index (Phi) is 11.7. The molecule has 7 nitrogen and oxygen atoms in total. The first-order valence-electron chi connectivity index (χ1n) is 12.2. The number of benzene rings is 1. The predicted molar refractivity (Wildman–Crippen MR) is 136 cm³/mol. The van der Waals surface area contributed by atoms with E-state index in [1.165, 1.54) is 12.8 Å². The first kappa shape index (κ1) is 27.4. The van der Waals surface area contributed by atoms with Crippen LogP contribution in [0.2, 0.25) is 0 Å². The summed E-state index contributed by atoms with van der Waals surface area (Å²) in [4.78, 5) is 22.0. The van der Waals surface area contributed by atoms with E-state index < -0.39 is 0 Å². The monoisotopic (exact) mass is 471 g/mol. The maximum absolute atomic E-state index is 13.4. The van der Waals surface area contributed by atoms with E-state index >= 15 is 0 Å². The summed E-state index contributed by atoms with van der Waals surface area (Å²) >= 11 is 0. The molecule has 0 aliphatic carbocycles. The number of likely N-dealkylation sites (N-methyl/N-ethyl adjacent to an activating group) is 1. The predicted octanol–water partition coefficient (Wildman–Crippen LogP) is 4.87. The van der Waals surface area contributed by atoms with Crippen molar-refractivity contribution in [1.82, 2.24) is 14.8 Å². The minimum atomic E-state index is -0.0930. The van der Waals surface area contributed by atoms with Crippen LogP contribution in [0.25, 0.3) is 0 Å². The lowest BCUT2D eigenvalue weighted by molar-refractivity contribution is 0.0781. The average molecular weight is 472 g/mol. The number of ether oxygens (including phenoxy) is 3. The summed E-state index contributed by atoms with van der Waals surface area (Å²) in [6, 6.07) is 7.47. The second-order valence-electron chi connectivity index (χ2n) is 8.57. The number of amides is 1. The molecule has 34 heavy (non-hydrogen) atoms. The van der Waals surface area contributed by atoms with Gasteiger partial charge in [-0.3, -0.25) is 9.78 Å². The van der Waals surface area contributed by atoms with Crippen LogP contribution >= 0.6 is 0 Å². The van der Waals surface area contributed by atoms with Crippen molar-refractivity contribution in [3.8, 4) is 17.2 Å². The first-order valence-corrected chi connectivity index (χ1v) is 12.2. The number of pyridine rings is 1. The number of hydrogen-bond acceptors (Lipinski definition) is 6. The molecule has 0 spiro atoms. The summed E-state index contributed by atoms with van der Waals surface area (Å²) in [6.07, 6.45) is 8.20. The van der Waals surface area contributed by atoms with Crippen molar-refractivity contribution < 1.29 is 19.0 Å². The topological polar surface area (TPSA) is 64.1 Å². The van der Waals surface area contributed by atoms with Gasteiger partial charge in [0.1, 0.15) is 0 Å². The highest BCUT2D eigenvalue weighted by Crippen LogP contribution is 2.38. The molecule has 1 amide bonds. The van der Waals surface area contributed by atoms with Gasteiger partial charge in [-0.2, -0.15) is 0 Å². The van der Waals surface area contributed by atoms with Crippen LogP contribution in [0.5, 0.6) is 17.2 Å². The molecule has 1 aromatic carbocycles. The minimum absolute atomic E-state index is 0.0930. The third-order valence-electron chi connectivity index (χ3n) is 6.07. The van der Waals surface area contributed by atoms with Crippen molar-refractivity contribution in [3.05, 3.63) is 47.8 Å². The van der Waals surface area contributed by atoms with Crippen LogP contribution in [-0.2, 0) is 0 Å². The highest BCUT2D eigenvalue weighted by Gasteiger charge is 2.23. The van der Waals surface area contributed by atoms with Crippen molar-refractivity contribution in [1.29, 1.82) is 0 Å². The Morgan fingerprint density at radius 2 is 1.71 bits per heavy atom. The van der Waals surface area contributed by atoms with Crippen LogP contribution in [-0.4, -0.2) is 75.2 Å². The molecule has 1 heterocycles. The van der Waals surface area contributed by atoms with Crippen LogP contribution in [0.4, 0.5) is 0 Å². The van der Waals surface area contributed by atoms with Crippen molar-refractivity contribution in [3.63, 3.8) is 0 Å². The molecule has 188 valence electrons. The number of rotatable bonds is 15. The Morgan fingerprint density at radius 1 is 1.00 bits per heavy atom. The number of methoxy groups -OCH3 is 3. The maximum atomic E-state index is 13.4. The third kappa shape index (κ3) is 7.62. The number of hydrogen-bond donors (Lipinski definition) is 0. The molecule has 0 aliphatic rings. The number of carbonyl (C=O) groups is 1. The van der Waals surface area contributed by atoms with Crippen LogP contribution < -0.4 is 14.2 Å². The van der Waals surface area contributed by atoms with E-state index in [0.29, 0.717) is 29.4 Å². The number of nitrogens with zero attached hydrogens (tertiary/aromatic N) is 3. The standard InChI is InChI=1S/C27H41N3O4/c1-7-9-15-30(14-8-2)16-12-22(21-11-10-13-28-19-21)20-29(3)27(31)23-17-24(32-4)26(34-6)25(18-23)33-5/h10-11,13,17-19,22H,7-9,12,14-16,20H2,1-6H3. The van der Waals surface area contributed by atoms with Gasteiger partial charge in [-0.05, 0) is 62.7 Å². The average Bonchev–Trinajstić information content (AvgIpc) is 2.88. The Labute approximate surface area is 205 Å². The molecule has 2 aromatic rings. The van der Waals surface area contributed by atoms with Gasteiger partial charge in [0.15, 0.2) is 11.5 Å². The largest absolute Gasteiger partial charge is 0.493 e. The van der Waals surface area contributed by atoms with Crippen molar-refractivity contribution in [2.45, 2.75) is 45.4 Å². The van der Waals surface area contributed by atoms with Gasteiger partial charge in [-0.1, -0.05) is 26.3 Å². The Bertz CT molecular complexity index is 850. The summed E-state index contributed by atoms with van der Waals surface area (Å²) in [5.74, 6) is 1.50. The normalized spacial score (nSPS) is 11.9. The third-order valence-corrected chi connectivity index (χ3v) is 6.07. The van der Waals surface area contributed by atoms with Gasteiger partial charge in [-0.15, -0.1) is 0 Å². The molecule has 1 unspecified atom stereocenters. The smallest absolute Gasteiger partial charge is 0.253 e. The molecule has 0 fully saturated rings. The van der Waals surface area contributed by atoms with Crippen molar-refractivity contribution in [2.75, 3.05) is 54.6 Å². The van der Waals surface area contributed by atoms with Gasteiger partial charge in [-0.25, -0.2) is 0 Å². The molecule has 0 saturated heterocycles. The van der Waals surface area contributed by atoms with Gasteiger partial charge >= 0.3 is 0 Å². The van der Waals surface area contributed by atoms with Crippen LogP contribution in [0, 0.1) is 0 Å². The number of carbonyl (C=O) groups excluding carboxylic acids is 1. The van der Waals surface area contributed by atoms with Crippen LogP contribution in [0.3, 0.4) is 0 Å². The van der Waals surface area contributed by atoms with E-state index in [1.54, 1.807) is 44.6 Å².